The number of hydrogen-bond donors (Lipinski definition) is 3. The molecule has 3 N–H and O–H groups in total. The van der Waals surface area contributed by atoms with Gasteiger partial charge in [0.2, 0.25) is 0 Å². The molecule has 0 unspecified atom stereocenters. The molecule has 9 nitrogen and oxygen atoms in total. The topological polar surface area (TPSA) is 111 Å². The highest BCUT2D eigenvalue weighted by Crippen LogP contribution is 2.39. The fraction of sp³-hybridized carbons (Fsp3) is 0.455. The van der Waals surface area contributed by atoms with Crippen LogP contribution in [0.2, 0.25) is 0 Å². The van der Waals surface area contributed by atoms with Crippen LogP contribution in [0.1, 0.15) is 30.3 Å². The maximum Gasteiger partial charge on any atom is 0.391 e. The first kappa shape index (κ1) is 23.7. The predicted octanol–water partition coefficient (Wildman–Crippen LogP) is 3.28. The number of aliphatic hydroxyl groups excluding tert-OH is 1. The molecule has 4 rings (SSSR count). The molecule has 0 radical (unpaired) electrons. The Morgan fingerprint density at radius 1 is 1.29 bits per heavy atom. The number of urea groups is 1. The summed E-state index contributed by atoms with van der Waals surface area (Å²) in [4.78, 5) is 37.8. The van der Waals surface area contributed by atoms with Crippen molar-refractivity contribution in [1.82, 2.24) is 9.97 Å². The van der Waals surface area contributed by atoms with E-state index >= 15 is 0 Å². The number of aromatic nitrogens is 2. The number of fused-ring (bicyclic) bond motifs is 4. The fourth-order valence-electron chi connectivity index (χ4n) is 4.10. The first-order valence-electron chi connectivity index (χ1n) is 10.9. The molecule has 1 saturated heterocycles. The second kappa shape index (κ2) is 9.45. The van der Waals surface area contributed by atoms with Crippen LogP contribution in [0.15, 0.2) is 30.5 Å². The van der Waals surface area contributed by atoms with Crippen molar-refractivity contribution in [2.45, 2.75) is 32.0 Å². The number of hydrogen-bond acceptors (Lipinski definition) is 7. The van der Waals surface area contributed by atoms with Gasteiger partial charge in [-0.05, 0) is 24.6 Å². The number of Topliss-reactive ketones (excluding diaryl/α,β-unsaturated/α-hetero) is 1. The van der Waals surface area contributed by atoms with Crippen LogP contribution in [-0.4, -0.2) is 65.3 Å². The summed E-state index contributed by atoms with van der Waals surface area (Å²) in [6, 6.07) is 5.66. The van der Waals surface area contributed by atoms with E-state index in [2.05, 4.69) is 20.6 Å². The number of rotatable bonds is 7. The van der Waals surface area contributed by atoms with Gasteiger partial charge in [0.05, 0.1) is 24.3 Å². The maximum absolute atomic E-state index is 13.3. The summed E-state index contributed by atoms with van der Waals surface area (Å²) in [5, 5.41) is 14.7. The number of nitrogens with zero attached hydrogens (tertiary/aromatic N) is 4. The molecule has 1 fully saturated rings. The lowest BCUT2D eigenvalue weighted by Crippen LogP contribution is -2.48. The monoisotopic (exact) mass is 478 g/mol. The highest BCUT2D eigenvalue weighted by Gasteiger charge is 2.41. The number of amides is 2. The average Bonchev–Trinajstić information content (AvgIpc) is 3.21. The van der Waals surface area contributed by atoms with Crippen molar-refractivity contribution in [3.8, 4) is 0 Å². The molecule has 0 aliphatic carbocycles. The molecule has 2 aliphatic heterocycles. The number of ketones is 1. The van der Waals surface area contributed by atoms with Crippen LogP contribution in [-0.2, 0) is 0 Å². The number of carbonyl (C=O) groups is 2. The van der Waals surface area contributed by atoms with Gasteiger partial charge in [-0.1, -0.05) is 6.92 Å². The van der Waals surface area contributed by atoms with E-state index in [0.717, 1.165) is 6.92 Å². The van der Waals surface area contributed by atoms with E-state index < -0.39 is 30.3 Å². The standard InChI is InChI=1S/C22H25F3N6O3/c1-13(22(23,24)25)10-18(33)16-2-3-17-20(28-16)31(15-5-8-30(17)12-15)21(34)29-19-11-14(4-6-27-19)26-7-9-32/h2-4,6,11,13,15,32H,5,7-10,12H2,1H3,(H2,26,27,29,34)/t13-,15-/m0/s1. The molecule has 0 aromatic carbocycles. The van der Waals surface area contributed by atoms with Crippen LogP contribution in [0.25, 0.3) is 0 Å². The smallest absolute Gasteiger partial charge is 0.391 e. The molecule has 2 aromatic rings. The Kier molecular flexibility index (Phi) is 6.60. The quantitative estimate of drug-likeness (QED) is 0.524. The Morgan fingerprint density at radius 2 is 2.09 bits per heavy atom. The van der Waals surface area contributed by atoms with Gasteiger partial charge in [-0.15, -0.1) is 0 Å². The van der Waals surface area contributed by atoms with Crippen LogP contribution in [0, 0.1) is 5.92 Å². The predicted molar refractivity (Wildman–Crippen MR) is 120 cm³/mol. The van der Waals surface area contributed by atoms with Gasteiger partial charge in [0, 0.05) is 44.0 Å². The van der Waals surface area contributed by atoms with Crippen molar-refractivity contribution in [3.63, 3.8) is 0 Å². The third-order valence-electron chi connectivity index (χ3n) is 5.94. The van der Waals surface area contributed by atoms with E-state index in [9.17, 15) is 22.8 Å². The van der Waals surface area contributed by atoms with E-state index in [-0.39, 0.29) is 30.0 Å². The second-order valence-electron chi connectivity index (χ2n) is 8.38. The van der Waals surface area contributed by atoms with Gasteiger partial charge in [0.1, 0.15) is 11.5 Å². The molecular weight excluding hydrogens is 453 g/mol. The highest BCUT2D eigenvalue weighted by molar-refractivity contribution is 6.05. The van der Waals surface area contributed by atoms with E-state index in [1.54, 1.807) is 18.2 Å². The summed E-state index contributed by atoms with van der Waals surface area (Å²) < 4.78 is 38.8. The minimum absolute atomic E-state index is 0.0543. The van der Waals surface area contributed by atoms with Gasteiger partial charge in [0.15, 0.2) is 11.6 Å². The van der Waals surface area contributed by atoms with Gasteiger partial charge in [-0.2, -0.15) is 13.2 Å². The van der Waals surface area contributed by atoms with E-state index in [0.29, 0.717) is 37.4 Å². The van der Waals surface area contributed by atoms with Crippen LogP contribution in [0.4, 0.5) is 41.0 Å². The minimum atomic E-state index is -4.48. The summed E-state index contributed by atoms with van der Waals surface area (Å²) in [5.74, 6) is -2.01. The maximum atomic E-state index is 13.3. The Morgan fingerprint density at radius 3 is 2.82 bits per heavy atom. The van der Waals surface area contributed by atoms with Crippen molar-refractivity contribution in [3.05, 3.63) is 36.2 Å². The first-order chi connectivity index (χ1) is 16.2. The fourth-order valence-corrected chi connectivity index (χ4v) is 4.10. The van der Waals surface area contributed by atoms with Crippen molar-refractivity contribution in [2.75, 3.05) is 46.7 Å². The summed E-state index contributed by atoms with van der Waals surface area (Å²) >= 11 is 0. The molecule has 34 heavy (non-hydrogen) atoms. The lowest BCUT2D eigenvalue weighted by Gasteiger charge is -2.35. The number of nitrogens with one attached hydrogen (secondary N) is 2. The van der Waals surface area contributed by atoms with Gasteiger partial charge >= 0.3 is 12.2 Å². The molecule has 0 spiro atoms. The Labute approximate surface area is 194 Å². The second-order valence-corrected chi connectivity index (χ2v) is 8.38. The van der Waals surface area contributed by atoms with Crippen LogP contribution < -0.4 is 20.4 Å². The highest BCUT2D eigenvalue weighted by atomic mass is 19.4. The van der Waals surface area contributed by atoms with Gasteiger partial charge in [-0.3, -0.25) is 15.0 Å². The molecular formula is C22H25F3N6O3. The number of aliphatic hydroxyl groups is 1. The number of anilines is 4. The van der Waals surface area contributed by atoms with Crippen molar-refractivity contribution >= 4 is 34.8 Å². The zero-order valence-electron chi connectivity index (χ0n) is 18.5. The summed E-state index contributed by atoms with van der Waals surface area (Å²) in [7, 11) is 0. The number of pyridine rings is 2. The molecule has 4 heterocycles. The van der Waals surface area contributed by atoms with Crippen LogP contribution in [0.5, 0.6) is 0 Å². The SMILES string of the molecule is C[C@@H](CC(=O)c1ccc2c(n1)N(C(=O)Nc1cc(NCCO)ccn1)[C@H]1CCN2C1)C(F)(F)F. The van der Waals surface area contributed by atoms with Gasteiger partial charge in [0.25, 0.3) is 0 Å². The molecule has 182 valence electrons. The Bertz CT molecular complexity index is 1080. The molecule has 0 saturated carbocycles. The lowest BCUT2D eigenvalue weighted by molar-refractivity contribution is -0.168. The zero-order chi connectivity index (χ0) is 24.5. The third-order valence-corrected chi connectivity index (χ3v) is 5.94. The van der Waals surface area contributed by atoms with E-state index in [1.165, 1.54) is 17.2 Å². The van der Waals surface area contributed by atoms with E-state index in [4.69, 9.17) is 5.11 Å². The molecule has 2 aliphatic rings. The van der Waals surface area contributed by atoms with Crippen molar-refractivity contribution < 1.29 is 27.9 Å². The number of carbonyl (C=O) groups excluding carboxylic acids is 2. The molecule has 2 amide bonds. The Balaban J connectivity index is 1.58. The number of halogens is 3. The summed E-state index contributed by atoms with van der Waals surface area (Å²) in [6.45, 7) is 2.52. The summed E-state index contributed by atoms with van der Waals surface area (Å²) in [5.41, 5.74) is 1.20. The zero-order valence-corrected chi connectivity index (χ0v) is 18.5. The number of alkyl halides is 3. The first-order valence-corrected chi connectivity index (χ1v) is 10.9. The van der Waals surface area contributed by atoms with Crippen molar-refractivity contribution in [1.29, 1.82) is 0 Å². The average molecular weight is 478 g/mol. The van der Waals surface area contributed by atoms with Gasteiger partial charge < -0.3 is 15.3 Å². The normalized spacial score (nSPS) is 17.9. The molecule has 2 bridgehead atoms. The van der Waals surface area contributed by atoms with Crippen LogP contribution in [0.3, 0.4) is 0 Å². The van der Waals surface area contributed by atoms with Gasteiger partial charge in [-0.25, -0.2) is 14.8 Å². The van der Waals surface area contributed by atoms with E-state index in [1.807, 2.05) is 4.90 Å². The largest absolute Gasteiger partial charge is 0.395 e. The minimum Gasteiger partial charge on any atom is -0.395 e. The third kappa shape index (κ3) is 4.91. The molecule has 12 heteroatoms. The van der Waals surface area contributed by atoms with Crippen molar-refractivity contribution in [2.24, 2.45) is 5.92 Å². The molecule has 2 atom stereocenters. The van der Waals surface area contributed by atoms with Crippen LogP contribution >= 0.6 is 0 Å². The summed E-state index contributed by atoms with van der Waals surface area (Å²) in [6.07, 6.45) is -3.00. The Hall–Kier alpha value is -3.41. The lowest BCUT2D eigenvalue weighted by atomic mass is 10.0. The molecule has 2 aromatic heterocycles.